The van der Waals surface area contributed by atoms with Crippen molar-refractivity contribution < 1.29 is 9.90 Å². The van der Waals surface area contributed by atoms with Crippen molar-refractivity contribution in [3.63, 3.8) is 0 Å². The molecule has 4 aliphatic carbocycles. The van der Waals surface area contributed by atoms with Crippen molar-refractivity contribution in [1.82, 2.24) is 0 Å². The third kappa shape index (κ3) is 2.06. The summed E-state index contributed by atoms with van der Waals surface area (Å²) in [6.45, 7) is 6.80. The Balaban J connectivity index is 1.67. The molecule has 0 amide bonds. The molecule has 3 fully saturated rings. The van der Waals surface area contributed by atoms with E-state index < -0.39 is 0 Å². The first kappa shape index (κ1) is 15.6. The first-order valence-corrected chi connectivity index (χ1v) is 9.48. The number of fused-ring (bicyclic) bond motifs is 5. The molecular weight excluding hydrogens is 284 g/mol. The van der Waals surface area contributed by atoms with Crippen LogP contribution >= 0.6 is 0 Å². The SMILES string of the molecule is C[C@@H](O)[C@H]1CC[C@H]2[C@@H]3CCC4=CC(=O)C=C[C@]4(C)[C@H]3CC[C@]12C. The van der Waals surface area contributed by atoms with Crippen molar-refractivity contribution in [1.29, 1.82) is 0 Å². The van der Waals surface area contributed by atoms with E-state index in [-0.39, 0.29) is 17.3 Å². The van der Waals surface area contributed by atoms with Gasteiger partial charge in [0.05, 0.1) is 6.10 Å². The van der Waals surface area contributed by atoms with Gasteiger partial charge in [-0.05, 0) is 86.7 Å². The Hall–Kier alpha value is -0.890. The van der Waals surface area contributed by atoms with Gasteiger partial charge >= 0.3 is 0 Å². The average Bonchev–Trinajstić information content (AvgIpc) is 2.85. The summed E-state index contributed by atoms with van der Waals surface area (Å²) in [6, 6.07) is 0. The number of carbonyl (C=O) groups is 1. The maximum atomic E-state index is 11.8. The van der Waals surface area contributed by atoms with Crippen LogP contribution in [-0.4, -0.2) is 17.0 Å². The molecule has 0 aromatic rings. The largest absolute Gasteiger partial charge is 0.393 e. The second kappa shape index (κ2) is 5.05. The molecule has 0 spiro atoms. The molecule has 2 nitrogen and oxygen atoms in total. The van der Waals surface area contributed by atoms with Gasteiger partial charge in [-0.15, -0.1) is 0 Å². The minimum absolute atomic E-state index is 0.0983. The fourth-order valence-electron chi connectivity index (χ4n) is 7.03. The predicted octanol–water partition coefficient (Wildman–Crippen LogP) is 4.29. The van der Waals surface area contributed by atoms with E-state index in [1.807, 2.05) is 13.0 Å². The predicted molar refractivity (Wildman–Crippen MR) is 91.8 cm³/mol. The standard InChI is InChI=1S/C21H30O2/c1-13(22)17-6-7-18-16-5-4-14-12-15(23)8-10-20(14,2)19(16)9-11-21(17,18)3/h8,10,12-13,16-19,22H,4-7,9,11H2,1-3H3/t13-,16+,17-,18+,19+,20+,21-/m1/s1. The molecule has 126 valence electrons. The molecule has 0 heterocycles. The number of hydrogen-bond acceptors (Lipinski definition) is 2. The number of ketones is 1. The van der Waals surface area contributed by atoms with E-state index in [1.54, 1.807) is 6.08 Å². The maximum absolute atomic E-state index is 11.8. The van der Waals surface area contributed by atoms with Gasteiger partial charge in [-0.25, -0.2) is 0 Å². The minimum Gasteiger partial charge on any atom is -0.393 e. The van der Waals surface area contributed by atoms with Crippen LogP contribution in [0, 0.1) is 34.5 Å². The van der Waals surface area contributed by atoms with Crippen molar-refractivity contribution in [2.75, 3.05) is 0 Å². The number of aliphatic hydroxyl groups excluding tert-OH is 1. The minimum atomic E-state index is -0.177. The van der Waals surface area contributed by atoms with Crippen molar-refractivity contribution in [3.8, 4) is 0 Å². The van der Waals surface area contributed by atoms with Gasteiger partial charge in [-0.3, -0.25) is 4.79 Å². The fraction of sp³-hybridized carbons (Fsp3) is 0.762. The van der Waals surface area contributed by atoms with Crippen LogP contribution in [0.4, 0.5) is 0 Å². The summed E-state index contributed by atoms with van der Waals surface area (Å²) < 4.78 is 0. The molecule has 7 atom stereocenters. The molecular formula is C21H30O2. The number of rotatable bonds is 1. The van der Waals surface area contributed by atoms with Crippen LogP contribution in [0.15, 0.2) is 23.8 Å². The summed E-state index contributed by atoms with van der Waals surface area (Å²) in [4.78, 5) is 11.8. The van der Waals surface area contributed by atoms with Crippen LogP contribution in [0.5, 0.6) is 0 Å². The molecule has 3 saturated carbocycles. The van der Waals surface area contributed by atoms with E-state index in [2.05, 4.69) is 19.9 Å². The van der Waals surface area contributed by atoms with E-state index in [9.17, 15) is 9.90 Å². The zero-order chi connectivity index (χ0) is 16.4. The Morgan fingerprint density at radius 2 is 1.96 bits per heavy atom. The van der Waals surface area contributed by atoms with Gasteiger partial charge in [0.1, 0.15) is 0 Å². The van der Waals surface area contributed by atoms with E-state index in [4.69, 9.17) is 0 Å². The lowest BCUT2D eigenvalue weighted by molar-refractivity contribution is -0.111. The highest BCUT2D eigenvalue weighted by molar-refractivity contribution is 6.01. The molecule has 0 radical (unpaired) electrons. The second-order valence-corrected chi connectivity index (χ2v) is 9.07. The molecule has 0 unspecified atom stereocenters. The Morgan fingerprint density at radius 3 is 2.70 bits per heavy atom. The van der Waals surface area contributed by atoms with Crippen molar-refractivity contribution in [2.45, 2.75) is 65.4 Å². The van der Waals surface area contributed by atoms with Gasteiger partial charge in [-0.2, -0.15) is 0 Å². The highest BCUT2D eigenvalue weighted by atomic mass is 16.3. The molecule has 0 aromatic heterocycles. The second-order valence-electron chi connectivity index (χ2n) is 9.07. The smallest absolute Gasteiger partial charge is 0.178 e. The van der Waals surface area contributed by atoms with Crippen LogP contribution < -0.4 is 0 Å². The number of carbonyl (C=O) groups excluding carboxylic acids is 1. The third-order valence-corrected chi connectivity index (χ3v) is 8.21. The Bertz CT molecular complexity index is 587. The Labute approximate surface area is 140 Å². The monoisotopic (exact) mass is 314 g/mol. The Kier molecular flexibility index (Phi) is 3.43. The van der Waals surface area contributed by atoms with Crippen LogP contribution in [0.2, 0.25) is 0 Å². The highest BCUT2D eigenvalue weighted by Crippen LogP contribution is 2.66. The van der Waals surface area contributed by atoms with Gasteiger partial charge in [0.15, 0.2) is 5.78 Å². The van der Waals surface area contributed by atoms with E-state index in [1.165, 1.54) is 37.7 Å². The summed E-state index contributed by atoms with van der Waals surface area (Å²) in [5.74, 6) is 2.84. The van der Waals surface area contributed by atoms with Crippen molar-refractivity contribution >= 4 is 5.78 Å². The first-order valence-electron chi connectivity index (χ1n) is 9.48. The van der Waals surface area contributed by atoms with Crippen molar-refractivity contribution in [2.24, 2.45) is 34.5 Å². The van der Waals surface area contributed by atoms with E-state index in [0.29, 0.717) is 17.3 Å². The van der Waals surface area contributed by atoms with Gasteiger partial charge in [-0.1, -0.05) is 25.5 Å². The third-order valence-electron chi connectivity index (χ3n) is 8.21. The zero-order valence-corrected chi connectivity index (χ0v) is 14.7. The Morgan fingerprint density at radius 1 is 1.17 bits per heavy atom. The summed E-state index contributed by atoms with van der Waals surface area (Å²) in [7, 11) is 0. The van der Waals surface area contributed by atoms with E-state index >= 15 is 0 Å². The molecule has 4 rings (SSSR count). The normalized spacial score (nSPS) is 49.9. The number of hydrogen-bond donors (Lipinski definition) is 1. The topological polar surface area (TPSA) is 37.3 Å². The van der Waals surface area contributed by atoms with Crippen molar-refractivity contribution in [3.05, 3.63) is 23.8 Å². The molecule has 4 aliphatic rings. The van der Waals surface area contributed by atoms with Gasteiger partial charge in [0, 0.05) is 5.41 Å². The molecule has 0 bridgehead atoms. The van der Waals surface area contributed by atoms with E-state index in [0.717, 1.165) is 18.3 Å². The van der Waals surface area contributed by atoms with Gasteiger partial charge in [0.2, 0.25) is 0 Å². The molecule has 2 heteroatoms. The maximum Gasteiger partial charge on any atom is 0.178 e. The van der Waals surface area contributed by atoms with Crippen LogP contribution in [0.1, 0.15) is 59.3 Å². The average molecular weight is 314 g/mol. The fourth-order valence-corrected chi connectivity index (χ4v) is 7.03. The van der Waals surface area contributed by atoms with Crippen LogP contribution in [0.25, 0.3) is 0 Å². The summed E-state index contributed by atoms with van der Waals surface area (Å²) in [6.07, 6.45) is 13.0. The lowest BCUT2D eigenvalue weighted by Gasteiger charge is -2.57. The summed E-state index contributed by atoms with van der Waals surface area (Å²) in [5.41, 5.74) is 1.79. The molecule has 0 aromatic carbocycles. The highest BCUT2D eigenvalue weighted by Gasteiger charge is 2.58. The lowest BCUT2D eigenvalue weighted by Crippen LogP contribution is -2.50. The van der Waals surface area contributed by atoms with Crippen LogP contribution in [0.3, 0.4) is 0 Å². The lowest BCUT2D eigenvalue weighted by atomic mass is 9.47. The number of aliphatic hydroxyl groups is 1. The quantitative estimate of drug-likeness (QED) is 0.784. The zero-order valence-electron chi connectivity index (χ0n) is 14.7. The molecule has 0 aliphatic heterocycles. The molecule has 23 heavy (non-hydrogen) atoms. The molecule has 0 saturated heterocycles. The van der Waals surface area contributed by atoms with Gasteiger partial charge < -0.3 is 5.11 Å². The molecule has 1 N–H and O–H groups in total. The van der Waals surface area contributed by atoms with Gasteiger partial charge in [0.25, 0.3) is 0 Å². The summed E-state index contributed by atoms with van der Waals surface area (Å²) >= 11 is 0. The first-order chi connectivity index (χ1) is 10.9. The van der Waals surface area contributed by atoms with Crippen LogP contribution in [-0.2, 0) is 4.79 Å². The summed E-state index contributed by atoms with van der Waals surface area (Å²) in [5, 5.41) is 10.3. The number of allylic oxidation sites excluding steroid dienone is 4.